The van der Waals surface area contributed by atoms with Crippen LogP contribution in [0.1, 0.15) is 64.8 Å². The van der Waals surface area contributed by atoms with E-state index < -0.39 is 17.8 Å². The van der Waals surface area contributed by atoms with Crippen molar-refractivity contribution >= 4 is 11.8 Å². The molecule has 2 aliphatic heterocycles. The normalized spacial score (nSPS) is 20.7. The molecular formula is C29H36F3N3O4. The molecule has 0 aliphatic carbocycles. The molecule has 2 amide bonds. The Bertz CT molecular complexity index is 1190. The Morgan fingerprint density at radius 2 is 1.79 bits per heavy atom. The lowest BCUT2D eigenvalue weighted by Gasteiger charge is -2.49. The fourth-order valence-electron chi connectivity index (χ4n) is 5.59. The average Bonchev–Trinajstić information content (AvgIpc) is 2.91. The summed E-state index contributed by atoms with van der Waals surface area (Å²) >= 11 is 0. The van der Waals surface area contributed by atoms with Crippen LogP contribution in [0.2, 0.25) is 0 Å². The molecule has 212 valence electrons. The van der Waals surface area contributed by atoms with Crippen LogP contribution in [0.25, 0.3) is 0 Å². The number of rotatable bonds is 7. The van der Waals surface area contributed by atoms with Gasteiger partial charge < -0.3 is 20.1 Å². The number of hydrogen-bond donors (Lipinski definition) is 2. The van der Waals surface area contributed by atoms with Crippen LogP contribution >= 0.6 is 0 Å². The number of hydrogen-bond acceptors (Lipinski definition) is 5. The smallest absolute Gasteiger partial charge is 0.416 e. The molecule has 0 saturated carbocycles. The van der Waals surface area contributed by atoms with E-state index in [-0.39, 0.29) is 42.6 Å². The molecule has 39 heavy (non-hydrogen) atoms. The molecule has 7 nitrogen and oxygen atoms in total. The molecule has 0 bridgehead atoms. The van der Waals surface area contributed by atoms with Crippen molar-refractivity contribution in [3.8, 4) is 5.75 Å². The molecule has 0 unspecified atom stereocenters. The standard InChI is InChI=1S/C29H36F3N3O4/c1-18-19(2)27(39-17-24(37)15-33-20(3)36)12-11-25(18)26-6-4-5-23-16-34(13-14-35(23)26)28(38)21-7-9-22(10-8-21)29(30,31)32/h7-12,23-24,26,37H,4-6,13-17H2,1-3H3,(H,33,36)/t23-,24+,26+/m0/s1. The summed E-state index contributed by atoms with van der Waals surface area (Å²) in [6.07, 6.45) is -2.27. The third kappa shape index (κ3) is 6.73. The van der Waals surface area contributed by atoms with Gasteiger partial charge in [-0.3, -0.25) is 14.5 Å². The summed E-state index contributed by atoms with van der Waals surface area (Å²) in [5.74, 6) is 0.248. The zero-order valence-electron chi connectivity index (χ0n) is 22.6. The number of ether oxygens (including phenoxy) is 1. The van der Waals surface area contributed by atoms with Crippen LogP contribution in [0.4, 0.5) is 13.2 Å². The third-order valence-electron chi connectivity index (χ3n) is 7.85. The Morgan fingerprint density at radius 1 is 1.08 bits per heavy atom. The fraction of sp³-hybridized carbons (Fsp3) is 0.517. The maximum atomic E-state index is 13.1. The molecule has 0 spiro atoms. The second-order valence-corrected chi connectivity index (χ2v) is 10.5. The van der Waals surface area contributed by atoms with Gasteiger partial charge in [-0.2, -0.15) is 13.2 Å². The van der Waals surface area contributed by atoms with Gasteiger partial charge in [0.05, 0.1) is 5.56 Å². The molecule has 3 atom stereocenters. The number of alkyl halides is 3. The van der Waals surface area contributed by atoms with E-state index in [1.54, 1.807) is 4.90 Å². The lowest BCUT2D eigenvalue weighted by Crippen LogP contribution is -2.57. The molecule has 0 aromatic heterocycles. The number of piperidine rings is 1. The first-order valence-electron chi connectivity index (χ1n) is 13.3. The molecule has 0 radical (unpaired) electrons. The minimum Gasteiger partial charge on any atom is -0.491 e. The van der Waals surface area contributed by atoms with Crippen LogP contribution < -0.4 is 10.1 Å². The van der Waals surface area contributed by atoms with Gasteiger partial charge in [-0.15, -0.1) is 0 Å². The summed E-state index contributed by atoms with van der Waals surface area (Å²) < 4.78 is 44.6. The molecular weight excluding hydrogens is 511 g/mol. The molecule has 2 fully saturated rings. The van der Waals surface area contributed by atoms with Crippen LogP contribution in [0, 0.1) is 13.8 Å². The minimum atomic E-state index is -4.43. The Balaban J connectivity index is 1.41. The molecule has 2 heterocycles. The zero-order valence-corrected chi connectivity index (χ0v) is 22.6. The Hall–Kier alpha value is -3.11. The number of halogens is 3. The molecule has 2 aromatic carbocycles. The Kier molecular flexibility index (Phi) is 8.86. The topological polar surface area (TPSA) is 82.1 Å². The highest BCUT2D eigenvalue weighted by Crippen LogP contribution is 2.39. The largest absolute Gasteiger partial charge is 0.491 e. The summed E-state index contributed by atoms with van der Waals surface area (Å²) in [5.41, 5.74) is 2.84. The molecule has 2 N–H and O–H groups in total. The third-order valence-corrected chi connectivity index (χ3v) is 7.85. The fourth-order valence-corrected chi connectivity index (χ4v) is 5.59. The Labute approximate surface area is 226 Å². The first kappa shape index (κ1) is 28.9. The SMILES string of the molecule is CC(=O)NC[C@@H](O)COc1ccc([C@H]2CCC[C@H]3CN(C(=O)c4ccc(C(F)(F)F)cc4)CCN32)c(C)c1C. The van der Waals surface area contributed by atoms with Crippen molar-refractivity contribution in [2.24, 2.45) is 0 Å². The number of carbonyl (C=O) groups excluding carboxylic acids is 2. The van der Waals surface area contributed by atoms with Crippen LogP contribution in [0.15, 0.2) is 36.4 Å². The summed E-state index contributed by atoms with van der Waals surface area (Å²) in [6, 6.07) is 8.82. The maximum Gasteiger partial charge on any atom is 0.416 e. The summed E-state index contributed by atoms with van der Waals surface area (Å²) in [5, 5.41) is 12.6. The van der Waals surface area contributed by atoms with Crippen molar-refractivity contribution in [3.05, 3.63) is 64.2 Å². The van der Waals surface area contributed by atoms with Gasteiger partial charge in [0.2, 0.25) is 5.91 Å². The highest BCUT2D eigenvalue weighted by molar-refractivity contribution is 5.94. The van der Waals surface area contributed by atoms with Gasteiger partial charge >= 0.3 is 6.18 Å². The lowest BCUT2D eigenvalue weighted by atomic mass is 9.86. The number of fused-ring (bicyclic) bond motifs is 1. The van der Waals surface area contributed by atoms with Crippen molar-refractivity contribution in [3.63, 3.8) is 0 Å². The van der Waals surface area contributed by atoms with E-state index in [4.69, 9.17) is 4.74 Å². The predicted molar refractivity (Wildman–Crippen MR) is 141 cm³/mol. The second kappa shape index (κ2) is 12.0. The van der Waals surface area contributed by atoms with Crippen LogP contribution in [0.5, 0.6) is 5.75 Å². The quantitative estimate of drug-likeness (QED) is 0.542. The van der Waals surface area contributed by atoms with E-state index in [1.165, 1.54) is 24.6 Å². The number of amides is 2. The van der Waals surface area contributed by atoms with Crippen molar-refractivity contribution in [2.75, 3.05) is 32.8 Å². The van der Waals surface area contributed by atoms with Crippen molar-refractivity contribution in [1.29, 1.82) is 0 Å². The van der Waals surface area contributed by atoms with Crippen LogP contribution in [-0.2, 0) is 11.0 Å². The minimum absolute atomic E-state index is 0.0698. The Morgan fingerprint density at radius 3 is 2.46 bits per heavy atom. The lowest BCUT2D eigenvalue weighted by molar-refractivity contribution is -0.137. The molecule has 10 heteroatoms. The highest BCUT2D eigenvalue weighted by atomic mass is 19.4. The van der Waals surface area contributed by atoms with Crippen LogP contribution in [-0.4, -0.2) is 71.7 Å². The van der Waals surface area contributed by atoms with E-state index in [1.807, 2.05) is 13.0 Å². The molecule has 2 saturated heterocycles. The first-order valence-corrected chi connectivity index (χ1v) is 13.3. The summed E-state index contributed by atoms with van der Waals surface area (Å²) in [6.45, 7) is 7.40. The molecule has 2 aliphatic rings. The van der Waals surface area contributed by atoms with Gasteiger partial charge in [-0.1, -0.05) is 6.07 Å². The van der Waals surface area contributed by atoms with Gasteiger partial charge in [0.15, 0.2) is 0 Å². The number of benzene rings is 2. The number of carbonyl (C=O) groups is 2. The van der Waals surface area contributed by atoms with Crippen molar-refractivity contribution in [1.82, 2.24) is 15.1 Å². The second-order valence-electron chi connectivity index (χ2n) is 10.5. The number of aliphatic hydroxyl groups excluding tert-OH is 1. The van der Waals surface area contributed by atoms with Gasteiger partial charge in [-0.05, 0) is 80.1 Å². The van der Waals surface area contributed by atoms with E-state index in [9.17, 15) is 27.9 Å². The first-order chi connectivity index (χ1) is 18.5. The van der Waals surface area contributed by atoms with Gasteiger partial charge in [-0.25, -0.2) is 0 Å². The van der Waals surface area contributed by atoms with E-state index in [0.29, 0.717) is 25.4 Å². The highest BCUT2D eigenvalue weighted by Gasteiger charge is 2.38. The molecule has 4 rings (SSSR count). The number of nitrogens with zero attached hydrogens (tertiary/aromatic N) is 2. The monoisotopic (exact) mass is 547 g/mol. The average molecular weight is 548 g/mol. The van der Waals surface area contributed by atoms with Gasteiger partial charge in [0.25, 0.3) is 5.91 Å². The number of nitrogens with one attached hydrogen (secondary N) is 1. The number of aliphatic hydroxyl groups is 1. The van der Waals surface area contributed by atoms with Gasteiger partial charge in [0.1, 0.15) is 18.5 Å². The zero-order chi connectivity index (χ0) is 28.3. The number of piperazine rings is 1. The van der Waals surface area contributed by atoms with Crippen LogP contribution in [0.3, 0.4) is 0 Å². The van der Waals surface area contributed by atoms with Gasteiger partial charge in [0, 0.05) is 50.7 Å². The van der Waals surface area contributed by atoms with Crippen molar-refractivity contribution in [2.45, 2.75) is 64.4 Å². The van der Waals surface area contributed by atoms with E-state index in [2.05, 4.69) is 23.2 Å². The maximum absolute atomic E-state index is 13.1. The molecule has 2 aromatic rings. The summed E-state index contributed by atoms with van der Waals surface area (Å²) in [7, 11) is 0. The summed E-state index contributed by atoms with van der Waals surface area (Å²) in [4.78, 5) is 28.3. The van der Waals surface area contributed by atoms with Crippen molar-refractivity contribution < 1.29 is 32.6 Å². The van der Waals surface area contributed by atoms with E-state index >= 15 is 0 Å². The van der Waals surface area contributed by atoms with E-state index in [0.717, 1.165) is 42.5 Å². The predicted octanol–water partition coefficient (Wildman–Crippen LogP) is 4.25.